The van der Waals surface area contributed by atoms with Crippen LogP contribution in [0.2, 0.25) is 0 Å². The predicted molar refractivity (Wildman–Crippen MR) is 125 cm³/mol. The lowest BCUT2D eigenvalue weighted by Crippen LogP contribution is -2.46. The maximum absolute atomic E-state index is 13.5. The van der Waals surface area contributed by atoms with Crippen LogP contribution >= 0.6 is 0 Å². The zero-order valence-corrected chi connectivity index (χ0v) is 18.9. The fourth-order valence-electron chi connectivity index (χ4n) is 5.28. The van der Waals surface area contributed by atoms with Crippen LogP contribution in [0.25, 0.3) is 0 Å². The van der Waals surface area contributed by atoms with Gasteiger partial charge in [-0.2, -0.15) is 0 Å². The molecule has 6 heteroatoms. The van der Waals surface area contributed by atoms with Gasteiger partial charge >= 0.3 is 6.03 Å². The average Bonchev–Trinajstić information content (AvgIpc) is 3.23. The van der Waals surface area contributed by atoms with Crippen LogP contribution in [0.3, 0.4) is 0 Å². The first-order chi connectivity index (χ1) is 15.9. The van der Waals surface area contributed by atoms with Gasteiger partial charge in [-0.3, -0.25) is 14.5 Å². The Kier molecular flexibility index (Phi) is 5.16. The van der Waals surface area contributed by atoms with Crippen LogP contribution in [-0.2, 0) is 23.3 Å². The number of amides is 3. The molecule has 1 aliphatic heterocycles. The lowest BCUT2D eigenvalue weighted by Gasteiger charge is -2.33. The number of ketones is 1. The number of aromatic nitrogens is 1. The number of fused-ring (bicyclic) bond motifs is 2. The molecule has 33 heavy (non-hydrogen) atoms. The van der Waals surface area contributed by atoms with E-state index in [9.17, 15) is 14.4 Å². The largest absolute Gasteiger partial charge is 0.344 e. The minimum absolute atomic E-state index is 0.230. The summed E-state index contributed by atoms with van der Waals surface area (Å²) in [5.41, 5.74) is 4.37. The van der Waals surface area contributed by atoms with E-state index in [0.717, 1.165) is 45.8 Å². The van der Waals surface area contributed by atoms with E-state index in [4.69, 9.17) is 0 Å². The molecule has 0 saturated carbocycles. The Morgan fingerprint density at radius 1 is 1.03 bits per heavy atom. The van der Waals surface area contributed by atoms with Gasteiger partial charge in [0.05, 0.1) is 6.54 Å². The van der Waals surface area contributed by atoms with Crippen molar-refractivity contribution in [1.29, 1.82) is 0 Å². The summed E-state index contributed by atoms with van der Waals surface area (Å²) in [6.45, 7) is 4.28. The van der Waals surface area contributed by atoms with Gasteiger partial charge in [0.25, 0.3) is 5.91 Å². The number of Topliss-reactive ketones (excluding diaryl/α,β-unsaturated/α-hetero) is 1. The van der Waals surface area contributed by atoms with Crippen molar-refractivity contribution in [3.05, 3.63) is 94.3 Å². The number of nitrogens with one attached hydrogen (secondary N) is 1. The van der Waals surface area contributed by atoms with Crippen molar-refractivity contribution in [2.75, 3.05) is 6.54 Å². The molecule has 2 heterocycles. The monoisotopic (exact) mass is 441 g/mol. The summed E-state index contributed by atoms with van der Waals surface area (Å²) >= 11 is 0. The third-order valence-corrected chi connectivity index (χ3v) is 7.01. The van der Waals surface area contributed by atoms with Crippen molar-refractivity contribution >= 4 is 17.7 Å². The van der Waals surface area contributed by atoms with Crippen LogP contribution in [0.5, 0.6) is 0 Å². The molecular formula is C27H27N3O3. The van der Waals surface area contributed by atoms with Gasteiger partial charge in [-0.05, 0) is 55.9 Å². The average molecular weight is 442 g/mol. The number of imide groups is 1. The Morgan fingerprint density at radius 3 is 2.55 bits per heavy atom. The molecule has 1 aliphatic carbocycles. The normalized spacial score (nSPS) is 19.6. The summed E-state index contributed by atoms with van der Waals surface area (Å²) in [7, 11) is 0. The molecular weight excluding hydrogens is 414 g/mol. The van der Waals surface area contributed by atoms with E-state index in [2.05, 4.69) is 22.0 Å². The highest BCUT2D eigenvalue weighted by atomic mass is 16.2. The molecule has 1 saturated heterocycles. The maximum Gasteiger partial charge on any atom is 0.325 e. The quantitative estimate of drug-likeness (QED) is 0.478. The van der Waals surface area contributed by atoms with E-state index in [-0.39, 0.29) is 18.2 Å². The lowest BCUT2D eigenvalue weighted by molar-refractivity contribution is -0.131. The van der Waals surface area contributed by atoms with Crippen molar-refractivity contribution in [3.8, 4) is 0 Å². The smallest absolute Gasteiger partial charge is 0.325 e. The zero-order chi connectivity index (χ0) is 23.2. The molecule has 3 amide bonds. The van der Waals surface area contributed by atoms with Crippen molar-refractivity contribution in [2.45, 2.75) is 45.2 Å². The topological polar surface area (TPSA) is 71.4 Å². The molecule has 1 N–H and O–H groups in total. The number of rotatable bonds is 5. The minimum Gasteiger partial charge on any atom is -0.344 e. The molecule has 3 aromatic rings. The highest BCUT2D eigenvalue weighted by molar-refractivity contribution is 6.11. The SMILES string of the molecule is Cc1cc(C(=O)CN2C(=O)N[C@@]3(CCCc4ccccc43)C2=O)c(C)n1Cc1ccccc1. The van der Waals surface area contributed by atoms with Crippen molar-refractivity contribution in [3.63, 3.8) is 0 Å². The second-order valence-corrected chi connectivity index (χ2v) is 9.02. The van der Waals surface area contributed by atoms with Crippen LogP contribution in [-0.4, -0.2) is 33.7 Å². The molecule has 1 atom stereocenters. The van der Waals surface area contributed by atoms with Crippen LogP contribution in [0.1, 0.15) is 51.3 Å². The maximum atomic E-state index is 13.5. The Labute approximate surface area is 193 Å². The Hall–Kier alpha value is -3.67. The lowest BCUT2D eigenvalue weighted by atomic mass is 9.76. The van der Waals surface area contributed by atoms with E-state index in [1.165, 1.54) is 0 Å². The third-order valence-electron chi connectivity index (χ3n) is 7.01. The molecule has 168 valence electrons. The van der Waals surface area contributed by atoms with Gasteiger partial charge in [0, 0.05) is 23.5 Å². The standard InChI is InChI=1S/C27H27N3O3/c1-18-15-22(19(2)29(18)16-20-9-4-3-5-10-20)24(31)17-30-25(32)27(28-26(30)33)14-8-12-21-11-6-7-13-23(21)27/h3-7,9-11,13,15H,8,12,14,16-17H2,1-2H3,(H,28,33)/t27-/m1/s1. The van der Waals surface area contributed by atoms with E-state index in [1.807, 2.05) is 62.4 Å². The van der Waals surface area contributed by atoms with Gasteiger partial charge in [-0.25, -0.2) is 4.79 Å². The predicted octanol–water partition coefficient (Wildman–Crippen LogP) is 4.12. The number of benzene rings is 2. The number of hydrogen-bond acceptors (Lipinski definition) is 3. The van der Waals surface area contributed by atoms with Gasteiger partial charge in [0.15, 0.2) is 5.78 Å². The molecule has 2 aromatic carbocycles. The van der Waals surface area contributed by atoms with Gasteiger partial charge in [0.1, 0.15) is 5.54 Å². The van der Waals surface area contributed by atoms with Crippen molar-refractivity contribution in [2.24, 2.45) is 0 Å². The van der Waals surface area contributed by atoms with Gasteiger partial charge < -0.3 is 9.88 Å². The van der Waals surface area contributed by atoms with Gasteiger partial charge in [-0.1, -0.05) is 54.6 Å². The molecule has 5 rings (SSSR count). The number of aryl methyl sites for hydroxylation is 2. The van der Waals surface area contributed by atoms with E-state index in [1.54, 1.807) is 0 Å². The molecule has 2 aliphatic rings. The molecule has 0 unspecified atom stereocenters. The second-order valence-electron chi connectivity index (χ2n) is 9.02. The fraction of sp³-hybridized carbons (Fsp3) is 0.296. The summed E-state index contributed by atoms with van der Waals surface area (Å²) in [5.74, 6) is -0.557. The fourth-order valence-corrected chi connectivity index (χ4v) is 5.28. The summed E-state index contributed by atoms with van der Waals surface area (Å²) in [6, 6.07) is 19.2. The summed E-state index contributed by atoms with van der Waals surface area (Å²) in [4.78, 5) is 40.7. The molecule has 0 bridgehead atoms. The first-order valence-corrected chi connectivity index (χ1v) is 11.4. The van der Waals surface area contributed by atoms with E-state index < -0.39 is 11.6 Å². The number of nitrogens with zero attached hydrogens (tertiary/aromatic N) is 2. The molecule has 0 radical (unpaired) electrons. The molecule has 1 fully saturated rings. The van der Waals surface area contributed by atoms with Gasteiger partial charge in [-0.15, -0.1) is 0 Å². The van der Waals surface area contributed by atoms with Crippen LogP contribution in [0, 0.1) is 13.8 Å². The first-order valence-electron chi connectivity index (χ1n) is 11.4. The molecule has 1 spiro atoms. The summed E-state index contributed by atoms with van der Waals surface area (Å²) in [5, 5.41) is 2.93. The number of carbonyl (C=O) groups is 3. The Bertz CT molecular complexity index is 1260. The van der Waals surface area contributed by atoms with E-state index in [0.29, 0.717) is 18.5 Å². The Morgan fingerprint density at radius 2 is 1.76 bits per heavy atom. The third kappa shape index (κ3) is 3.46. The van der Waals surface area contributed by atoms with Crippen molar-refractivity contribution in [1.82, 2.24) is 14.8 Å². The van der Waals surface area contributed by atoms with Crippen LogP contribution in [0.15, 0.2) is 60.7 Å². The second kappa shape index (κ2) is 8.03. The van der Waals surface area contributed by atoms with Crippen LogP contribution < -0.4 is 5.32 Å². The highest BCUT2D eigenvalue weighted by Crippen LogP contribution is 2.40. The summed E-state index contributed by atoms with van der Waals surface area (Å²) in [6.07, 6.45) is 2.24. The number of urea groups is 1. The van der Waals surface area contributed by atoms with E-state index >= 15 is 0 Å². The highest BCUT2D eigenvalue weighted by Gasteiger charge is 2.54. The van der Waals surface area contributed by atoms with Gasteiger partial charge in [0.2, 0.25) is 0 Å². The molecule has 6 nitrogen and oxygen atoms in total. The summed E-state index contributed by atoms with van der Waals surface area (Å²) < 4.78 is 2.09. The number of carbonyl (C=O) groups excluding carboxylic acids is 3. The first kappa shape index (κ1) is 21.2. The van der Waals surface area contributed by atoms with Crippen molar-refractivity contribution < 1.29 is 14.4 Å². The Balaban J connectivity index is 1.40. The van der Waals surface area contributed by atoms with Crippen LogP contribution in [0.4, 0.5) is 4.79 Å². The zero-order valence-electron chi connectivity index (χ0n) is 18.9. The molecule has 1 aromatic heterocycles. The minimum atomic E-state index is -1.06. The number of hydrogen-bond donors (Lipinski definition) is 1.